The number of hydrogen-bond acceptors (Lipinski definition) is 3. The monoisotopic (exact) mass is 311 g/mol. The zero-order valence-corrected chi connectivity index (χ0v) is 11.6. The molecule has 4 nitrogen and oxygen atoms in total. The van der Waals surface area contributed by atoms with Crippen LogP contribution in [0.15, 0.2) is 22.7 Å². The third-order valence-corrected chi connectivity index (χ3v) is 3.35. The van der Waals surface area contributed by atoms with Crippen LogP contribution in [-0.2, 0) is 9.53 Å². The molecule has 0 saturated carbocycles. The highest BCUT2D eigenvalue weighted by Crippen LogP contribution is 2.24. The van der Waals surface area contributed by atoms with Crippen molar-refractivity contribution in [2.45, 2.75) is 25.9 Å². The molecule has 0 aliphatic carbocycles. The fourth-order valence-corrected chi connectivity index (χ4v) is 2.07. The average molecular weight is 312 g/mol. The van der Waals surface area contributed by atoms with Crippen molar-refractivity contribution in [2.24, 2.45) is 0 Å². The van der Waals surface area contributed by atoms with Crippen LogP contribution in [0.2, 0.25) is 0 Å². The summed E-state index contributed by atoms with van der Waals surface area (Å²) in [6, 6.07) is 5.24. The minimum atomic E-state index is -0.381. The Morgan fingerprint density at radius 3 is 2.78 bits per heavy atom. The normalized spacial score (nSPS) is 18.0. The smallest absolute Gasteiger partial charge is 0.253 e. The lowest BCUT2D eigenvalue weighted by Gasteiger charge is -2.25. The van der Waals surface area contributed by atoms with E-state index >= 15 is 0 Å². The summed E-state index contributed by atoms with van der Waals surface area (Å²) < 4.78 is 5.93. The van der Waals surface area contributed by atoms with Crippen LogP contribution >= 0.6 is 15.9 Å². The molecule has 0 radical (unpaired) electrons. The first-order chi connectivity index (χ1) is 8.61. The van der Waals surface area contributed by atoms with E-state index in [0.29, 0.717) is 24.3 Å². The predicted molar refractivity (Wildman–Crippen MR) is 71.8 cm³/mol. The van der Waals surface area contributed by atoms with E-state index in [9.17, 15) is 9.59 Å². The fourth-order valence-electron chi connectivity index (χ4n) is 1.71. The van der Waals surface area contributed by atoms with Crippen LogP contribution in [0.4, 0.5) is 5.69 Å². The number of carbonyl (C=O) groups is 2. The second-order valence-corrected chi connectivity index (χ2v) is 5.02. The number of Topliss-reactive ketones (excluding diaryl/α,β-unsaturated/α-hetero) is 1. The molecule has 1 saturated heterocycles. The molecule has 1 N–H and O–H groups in total. The lowest BCUT2D eigenvalue weighted by atomic mass is 10.1. The zero-order chi connectivity index (χ0) is 13.1. The Hall–Kier alpha value is -1.20. The van der Waals surface area contributed by atoms with Gasteiger partial charge in [-0.1, -0.05) is 22.9 Å². The van der Waals surface area contributed by atoms with Gasteiger partial charge in [0, 0.05) is 22.9 Å². The number of benzene rings is 1. The molecule has 0 bridgehead atoms. The molecule has 1 heterocycles. The van der Waals surface area contributed by atoms with Crippen LogP contribution in [0.5, 0.6) is 0 Å². The van der Waals surface area contributed by atoms with E-state index in [-0.39, 0.29) is 17.8 Å². The van der Waals surface area contributed by atoms with Gasteiger partial charge in [-0.15, -0.1) is 0 Å². The van der Waals surface area contributed by atoms with Crippen LogP contribution in [0, 0.1) is 0 Å². The maximum atomic E-state index is 11.8. The summed E-state index contributed by atoms with van der Waals surface area (Å²) in [7, 11) is 0. The quantitative estimate of drug-likeness (QED) is 0.870. The molecule has 18 heavy (non-hydrogen) atoms. The van der Waals surface area contributed by atoms with E-state index < -0.39 is 0 Å². The van der Waals surface area contributed by atoms with Crippen LogP contribution in [0.25, 0.3) is 0 Å². The second-order valence-electron chi connectivity index (χ2n) is 4.10. The molecule has 1 aromatic rings. The third kappa shape index (κ3) is 2.79. The number of carbonyl (C=O) groups excluding carboxylic acids is 2. The van der Waals surface area contributed by atoms with Crippen molar-refractivity contribution < 1.29 is 14.3 Å². The van der Waals surface area contributed by atoms with Crippen molar-refractivity contribution in [1.82, 2.24) is 0 Å². The molecule has 1 aliphatic rings. The number of anilines is 1. The number of rotatable bonds is 4. The minimum Gasteiger partial charge on any atom is -0.368 e. The van der Waals surface area contributed by atoms with Gasteiger partial charge in [0.05, 0.1) is 12.3 Å². The number of amides is 1. The predicted octanol–water partition coefficient (Wildman–Crippen LogP) is 2.77. The van der Waals surface area contributed by atoms with E-state index in [1.54, 1.807) is 25.1 Å². The molecule has 5 heteroatoms. The van der Waals surface area contributed by atoms with Crippen LogP contribution in [-0.4, -0.2) is 24.4 Å². The summed E-state index contributed by atoms with van der Waals surface area (Å²) in [5, 5.41) is 2.75. The Kier molecular flexibility index (Phi) is 4.14. The van der Waals surface area contributed by atoms with Gasteiger partial charge in [0.2, 0.25) is 0 Å². The van der Waals surface area contributed by atoms with E-state index in [2.05, 4.69) is 21.2 Å². The molecule has 96 valence electrons. The van der Waals surface area contributed by atoms with E-state index in [1.807, 2.05) is 0 Å². The largest absolute Gasteiger partial charge is 0.368 e. The number of ketones is 1. The molecule has 1 unspecified atom stereocenters. The average Bonchev–Trinajstić information content (AvgIpc) is 2.25. The number of halogens is 1. The summed E-state index contributed by atoms with van der Waals surface area (Å²) in [5.41, 5.74) is 1.07. The van der Waals surface area contributed by atoms with E-state index in [4.69, 9.17) is 4.74 Å². The maximum Gasteiger partial charge on any atom is 0.253 e. The standard InChI is InChI=1S/C13H14BrNO3/c1-2-11(16)9-4-3-8(14)7-10(9)15-13(17)12-5-6-18-12/h3-4,7,12H,2,5-6H2,1H3,(H,15,17). The van der Waals surface area contributed by atoms with Crippen molar-refractivity contribution in [3.63, 3.8) is 0 Å². The van der Waals surface area contributed by atoms with Crippen LogP contribution in [0.1, 0.15) is 30.1 Å². The number of hydrogen-bond donors (Lipinski definition) is 1. The Morgan fingerprint density at radius 1 is 1.50 bits per heavy atom. The highest BCUT2D eigenvalue weighted by Gasteiger charge is 2.27. The van der Waals surface area contributed by atoms with Crippen LogP contribution in [0.3, 0.4) is 0 Å². The lowest BCUT2D eigenvalue weighted by molar-refractivity contribution is -0.139. The first-order valence-electron chi connectivity index (χ1n) is 5.87. The summed E-state index contributed by atoms with van der Waals surface area (Å²) in [4.78, 5) is 23.6. The fraction of sp³-hybridized carbons (Fsp3) is 0.385. The van der Waals surface area contributed by atoms with E-state index in [1.165, 1.54) is 0 Å². The van der Waals surface area contributed by atoms with Crippen molar-refractivity contribution >= 4 is 33.3 Å². The number of ether oxygens (including phenoxy) is 1. The maximum absolute atomic E-state index is 11.8. The van der Waals surface area contributed by atoms with Gasteiger partial charge in [-0.2, -0.15) is 0 Å². The van der Waals surface area contributed by atoms with Gasteiger partial charge < -0.3 is 10.1 Å². The molecular formula is C13H14BrNO3. The lowest BCUT2D eigenvalue weighted by Crippen LogP contribution is -2.39. The molecule has 1 fully saturated rings. The highest BCUT2D eigenvalue weighted by molar-refractivity contribution is 9.10. The molecule has 0 spiro atoms. The summed E-state index contributed by atoms with van der Waals surface area (Å²) in [6.07, 6.45) is 0.759. The molecule has 1 amide bonds. The molecule has 1 atom stereocenters. The molecular weight excluding hydrogens is 298 g/mol. The van der Waals surface area contributed by atoms with Crippen molar-refractivity contribution in [1.29, 1.82) is 0 Å². The van der Waals surface area contributed by atoms with E-state index in [0.717, 1.165) is 10.9 Å². The van der Waals surface area contributed by atoms with Crippen molar-refractivity contribution in [3.05, 3.63) is 28.2 Å². The van der Waals surface area contributed by atoms with Gasteiger partial charge in [-0.05, 0) is 18.2 Å². The van der Waals surface area contributed by atoms with Crippen molar-refractivity contribution in [3.8, 4) is 0 Å². The molecule has 1 aromatic carbocycles. The second kappa shape index (κ2) is 5.63. The Balaban J connectivity index is 2.21. The Bertz CT molecular complexity index is 483. The SMILES string of the molecule is CCC(=O)c1ccc(Br)cc1NC(=O)C1CCO1. The first kappa shape index (κ1) is 13.2. The first-order valence-corrected chi connectivity index (χ1v) is 6.66. The molecule has 1 aliphatic heterocycles. The van der Waals surface area contributed by atoms with Gasteiger partial charge in [-0.3, -0.25) is 9.59 Å². The van der Waals surface area contributed by atoms with Gasteiger partial charge in [-0.25, -0.2) is 0 Å². The summed E-state index contributed by atoms with van der Waals surface area (Å²) in [5.74, 6) is -0.183. The van der Waals surface area contributed by atoms with Gasteiger partial charge in [0.25, 0.3) is 5.91 Å². The van der Waals surface area contributed by atoms with Gasteiger partial charge in [0.15, 0.2) is 5.78 Å². The number of nitrogens with one attached hydrogen (secondary N) is 1. The minimum absolute atomic E-state index is 0.00679. The van der Waals surface area contributed by atoms with Crippen LogP contribution < -0.4 is 5.32 Å². The Labute approximate surface area is 114 Å². The van der Waals surface area contributed by atoms with Gasteiger partial charge in [0.1, 0.15) is 6.10 Å². The van der Waals surface area contributed by atoms with Crippen molar-refractivity contribution in [2.75, 3.05) is 11.9 Å². The Morgan fingerprint density at radius 2 is 2.22 bits per heavy atom. The molecule has 2 rings (SSSR count). The summed E-state index contributed by atoms with van der Waals surface area (Å²) in [6.45, 7) is 2.42. The molecule has 0 aromatic heterocycles. The third-order valence-electron chi connectivity index (χ3n) is 2.85. The summed E-state index contributed by atoms with van der Waals surface area (Å²) >= 11 is 3.33. The zero-order valence-electron chi connectivity index (χ0n) is 10.0. The highest BCUT2D eigenvalue weighted by atomic mass is 79.9. The van der Waals surface area contributed by atoms with Gasteiger partial charge >= 0.3 is 0 Å². The topological polar surface area (TPSA) is 55.4 Å².